The summed E-state index contributed by atoms with van der Waals surface area (Å²) in [5.74, 6) is 1.91. The van der Waals surface area contributed by atoms with Crippen LogP contribution in [0.5, 0.6) is 5.75 Å². The predicted octanol–water partition coefficient (Wildman–Crippen LogP) is 2.78. The van der Waals surface area contributed by atoms with Crippen molar-refractivity contribution >= 4 is 0 Å². The van der Waals surface area contributed by atoms with Crippen molar-refractivity contribution in [2.24, 2.45) is 5.92 Å². The van der Waals surface area contributed by atoms with Gasteiger partial charge >= 0.3 is 0 Å². The van der Waals surface area contributed by atoms with Gasteiger partial charge in [0.2, 0.25) is 0 Å². The van der Waals surface area contributed by atoms with Gasteiger partial charge in [0.1, 0.15) is 5.75 Å². The third-order valence-electron chi connectivity index (χ3n) is 4.14. The molecule has 2 rings (SSSR count). The highest BCUT2D eigenvalue weighted by Crippen LogP contribution is 2.20. The van der Waals surface area contributed by atoms with Crippen LogP contribution in [0.1, 0.15) is 25.7 Å². The fraction of sp³-hybridized carbons (Fsp3) is 0.647. The van der Waals surface area contributed by atoms with Crippen molar-refractivity contribution in [2.45, 2.75) is 25.7 Å². The van der Waals surface area contributed by atoms with Gasteiger partial charge in [0.15, 0.2) is 0 Å². The van der Waals surface area contributed by atoms with E-state index in [1.807, 2.05) is 37.4 Å². The third kappa shape index (κ3) is 5.51. The molecule has 3 heteroatoms. The highest BCUT2D eigenvalue weighted by molar-refractivity contribution is 5.20. The Labute approximate surface area is 123 Å². The number of ether oxygens (including phenoxy) is 1. The van der Waals surface area contributed by atoms with Crippen LogP contribution in [0.3, 0.4) is 0 Å². The summed E-state index contributed by atoms with van der Waals surface area (Å²) in [5, 5.41) is 3.25. The summed E-state index contributed by atoms with van der Waals surface area (Å²) in [5.41, 5.74) is 0. The van der Waals surface area contributed by atoms with Crippen LogP contribution < -0.4 is 10.1 Å². The molecule has 0 aliphatic carbocycles. The Morgan fingerprint density at radius 1 is 1.20 bits per heavy atom. The molecular weight excluding hydrogens is 248 g/mol. The summed E-state index contributed by atoms with van der Waals surface area (Å²) >= 11 is 0. The lowest BCUT2D eigenvalue weighted by molar-refractivity contribution is 0.167. The number of rotatable bonds is 8. The van der Waals surface area contributed by atoms with Gasteiger partial charge in [-0.3, -0.25) is 0 Å². The number of likely N-dealkylation sites (tertiary alicyclic amines) is 1. The second kappa shape index (κ2) is 8.98. The minimum atomic E-state index is 0.823. The molecule has 1 saturated heterocycles. The van der Waals surface area contributed by atoms with Crippen molar-refractivity contribution < 1.29 is 4.74 Å². The van der Waals surface area contributed by atoms with E-state index in [2.05, 4.69) is 10.2 Å². The Morgan fingerprint density at radius 3 is 2.65 bits per heavy atom. The maximum atomic E-state index is 5.74. The van der Waals surface area contributed by atoms with Gasteiger partial charge in [-0.1, -0.05) is 18.2 Å². The molecule has 112 valence electrons. The van der Waals surface area contributed by atoms with Crippen molar-refractivity contribution in [3.63, 3.8) is 0 Å². The molecule has 1 N–H and O–H groups in total. The van der Waals surface area contributed by atoms with Crippen molar-refractivity contribution in [2.75, 3.05) is 39.8 Å². The summed E-state index contributed by atoms with van der Waals surface area (Å²) in [6.45, 7) is 5.68. The first-order valence-corrected chi connectivity index (χ1v) is 7.93. The lowest BCUT2D eigenvalue weighted by Crippen LogP contribution is -2.35. The van der Waals surface area contributed by atoms with E-state index >= 15 is 0 Å². The van der Waals surface area contributed by atoms with E-state index in [-0.39, 0.29) is 0 Å². The summed E-state index contributed by atoms with van der Waals surface area (Å²) in [4.78, 5) is 2.59. The molecule has 0 saturated carbocycles. The molecule has 1 aliphatic rings. The van der Waals surface area contributed by atoms with Gasteiger partial charge in [-0.05, 0) is 70.4 Å². The fourth-order valence-electron chi connectivity index (χ4n) is 2.84. The van der Waals surface area contributed by atoms with E-state index in [1.165, 1.54) is 38.9 Å². The normalized spacial score (nSPS) is 17.2. The second-order valence-corrected chi connectivity index (χ2v) is 5.69. The second-order valence-electron chi connectivity index (χ2n) is 5.69. The SMILES string of the molecule is CNCCC1CCN(CCCOc2ccccc2)CC1. The average molecular weight is 276 g/mol. The molecule has 3 nitrogen and oxygen atoms in total. The van der Waals surface area contributed by atoms with E-state index in [9.17, 15) is 0 Å². The number of hydrogen-bond donors (Lipinski definition) is 1. The van der Waals surface area contributed by atoms with Gasteiger partial charge in [-0.25, -0.2) is 0 Å². The topological polar surface area (TPSA) is 24.5 Å². The number of nitrogens with zero attached hydrogens (tertiary/aromatic N) is 1. The van der Waals surface area contributed by atoms with Gasteiger partial charge in [0, 0.05) is 6.54 Å². The average Bonchev–Trinajstić information content (AvgIpc) is 2.52. The van der Waals surface area contributed by atoms with E-state index in [1.54, 1.807) is 0 Å². The minimum Gasteiger partial charge on any atom is -0.494 e. The number of para-hydroxylation sites is 1. The molecular formula is C17H28N2O. The zero-order valence-electron chi connectivity index (χ0n) is 12.7. The highest BCUT2D eigenvalue weighted by Gasteiger charge is 2.18. The highest BCUT2D eigenvalue weighted by atomic mass is 16.5. The number of nitrogens with one attached hydrogen (secondary N) is 1. The van der Waals surface area contributed by atoms with Crippen LogP contribution in [0, 0.1) is 5.92 Å². The predicted molar refractivity (Wildman–Crippen MR) is 84.3 cm³/mol. The van der Waals surface area contributed by atoms with Crippen molar-refractivity contribution in [1.29, 1.82) is 0 Å². The van der Waals surface area contributed by atoms with Crippen molar-refractivity contribution in [1.82, 2.24) is 10.2 Å². The summed E-state index contributed by atoms with van der Waals surface area (Å²) in [7, 11) is 2.04. The largest absolute Gasteiger partial charge is 0.494 e. The molecule has 1 heterocycles. The molecule has 0 unspecified atom stereocenters. The first kappa shape index (κ1) is 15.3. The molecule has 1 aromatic carbocycles. The first-order valence-electron chi connectivity index (χ1n) is 7.93. The number of piperidine rings is 1. The molecule has 0 bridgehead atoms. The van der Waals surface area contributed by atoms with Crippen LogP contribution in [-0.2, 0) is 0 Å². The summed E-state index contributed by atoms with van der Waals surface area (Å²) in [6.07, 6.45) is 5.18. The molecule has 0 radical (unpaired) electrons. The summed E-state index contributed by atoms with van der Waals surface area (Å²) in [6, 6.07) is 10.1. The van der Waals surface area contributed by atoms with Crippen LogP contribution in [0.15, 0.2) is 30.3 Å². The van der Waals surface area contributed by atoms with E-state index in [4.69, 9.17) is 4.74 Å². The minimum absolute atomic E-state index is 0.823. The maximum Gasteiger partial charge on any atom is 0.119 e. The summed E-state index contributed by atoms with van der Waals surface area (Å²) < 4.78 is 5.74. The smallest absolute Gasteiger partial charge is 0.119 e. The van der Waals surface area contributed by atoms with Gasteiger partial charge in [-0.2, -0.15) is 0 Å². The Bertz CT molecular complexity index is 347. The molecule has 0 atom stereocenters. The third-order valence-corrected chi connectivity index (χ3v) is 4.14. The molecule has 1 fully saturated rings. The molecule has 20 heavy (non-hydrogen) atoms. The van der Waals surface area contributed by atoms with Crippen LogP contribution >= 0.6 is 0 Å². The number of benzene rings is 1. The number of hydrogen-bond acceptors (Lipinski definition) is 3. The Morgan fingerprint density at radius 2 is 1.95 bits per heavy atom. The van der Waals surface area contributed by atoms with Crippen LogP contribution in [0.2, 0.25) is 0 Å². The van der Waals surface area contributed by atoms with Crippen LogP contribution in [0.4, 0.5) is 0 Å². The first-order chi connectivity index (χ1) is 9.88. The standard InChI is InChI=1S/C17H28N2O/c1-18-11-8-16-9-13-19(14-10-16)12-5-15-20-17-6-3-2-4-7-17/h2-4,6-7,16,18H,5,8-15H2,1H3. The van der Waals surface area contributed by atoms with E-state index < -0.39 is 0 Å². The van der Waals surface area contributed by atoms with E-state index in [0.29, 0.717) is 0 Å². The molecule has 0 aromatic heterocycles. The van der Waals surface area contributed by atoms with Crippen molar-refractivity contribution in [3.05, 3.63) is 30.3 Å². The lowest BCUT2D eigenvalue weighted by Gasteiger charge is -2.31. The van der Waals surface area contributed by atoms with Crippen LogP contribution in [-0.4, -0.2) is 44.7 Å². The zero-order chi connectivity index (χ0) is 14.0. The molecule has 0 spiro atoms. The van der Waals surface area contributed by atoms with E-state index in [0.717, 1.165) is 31.2 Å². The maximum absolute atomic E-state index is 5.74. The van der Waals surface area contributed by atoms with Crippen LogP contribution in [0.25, 0.3) is 0 Å². The molecule has 1 aromatic rings. The Hall–Kier alpha value is -1.06. The molecule has 1 aliphatic heterocycles. The van der Waals surface area contributed by atoms with Gasteiger partial charge in [-0.15, -0.1) is 0 Å². The van der Waals surface area contributed by atoms with Gasteiger partial charge in [0.05, 0.1) is 6.61 Å². The Kier molecular flexibility index (Phi) is 6.89. The quantitative estimate of drug-likeness (QED) is 0.739. The Balaban J connectivity index is 1.53. The van der Waals surface area contributed by atoms with Gasteiger partial charge in [0.25, 0.3) is 0 Å². The lowest BCUT2D eigenvalue weighted by atomic mass is 9.93. The van der Waals surface area contributed by atoms with Crippen molar-refractivity contribution in [3.8, 4) is 5.75 Å². The molecule has 0 amide bonds. The van der Waals surface area contributed by atoms with Gasteiger partial charge < -0.3 is 15.0 Å². The monoisotopic (exact) mass is 276 g/mol. The fourth-order valence-corrected chi connectivity index (χ4v) is 2.84. The zero-order valence-corrected chi connectivity index (χ0v) is 12.7.